The average molecular weight is 291 g/mol. The van der Waals surface area contributed by atoms with Gasteiger partial charge >= 0.3 is 12.0 Å². The van der Waals surface area contributed by atoms with E-state index in [9.17, 15) is 19.5 Å². The van der Waals surface area contributed by atoms with E-state index in [4.69, 9.17) is 0 Å². The van der Waals surface area contributed by atoms with Gasteiger partial charge < -0.3 is 21.1 Å². The Morgan fingerprint density at radius 3 is 2.62 bits per heavy atom. The number of urea groups is 1. The molecule has 1 unspecified atom stereocenters. The number of aliphatic carboxylic acids is 1. The maximum Gasteiger partial charge on any atom is 0.330 e. The van der Waals surface area contributed by atoms with Crippen LogP contribution < -0.4 is 16.0 Å². The maximum absolute atomic E-state index is 11.8. The van der Waals surface area contributed by atoms with Gasteiger partial charge in [-0.1, -0.05) is 30.3 Å². The number of benzene rings is 1. The van der Waals surface area contributed by atoms with E-state index in [1.165, 1.54) is 0 Å². The Morgan fingerprint density at radius 2 is 2.05 bits per heavy atom. The topological polar surface area (TPSA) is 108 Å². The van der Waals surface area contributed by atoms with Crippen LogP contribution in [0, 0.1) is 0 Å². The summed E-state index contributed by atoms with van der Waals surface area (Å²) in [7, 11) is 0. The highest BCUT2D eigenvalue weighted by molar-refractivity contribution is 5.83. The molecule has 0 saturated carbocycles. The van der Waals surface area contributed by atoms with Gasteiger partial charge in [0.05, 0.1) is 0 Å². The second kappa shape index (κ2) is 6.74. The zero-order chi connectivity index (χ0) is 15.2. The zero-order valence-electron chi connectivity index (χ0n) is 11.3. The van der Waals surface area contributed by atoms with Crippen molar-refractivity contribution >= 4 is 17.9 Å². The van der Waals surface area contributed by atoms with E-state index < -0.39 is 18.0 Å². The molecule has 0 bridgehead atoms. The van der Waals surface area contributed by atoms with Gasteiger partial charge in [-0.3, -0.25) is 4.79 Å². The lowest BCUT2D eigenvalue weighted by Crippen LogP contribution is -2.45. The number of carboxylic acids is 1. The summed E-state index contributed by atoms with van der Waals surface area (Å²) < 4.78 is 0. The molecule has 3 amide bonds. The minimum absolute atomic E-state index is 0.0325. The first-order valence-corrected chi connectivity index (χ1v) is 6.67. The Hall–Kier alpha value is -2.57. The van der Waals surface area contributed by atoms with Crippen LogP contribution in [0.15, 0.2) is 30.3 Å². The molecule has 7 nitrogen and oxygen atoms in total. The number of carbonyl (C=O) groups is 3. The van der Waals surface area contributed by atoms with Gasteiger partial charge in [0, 0.05) is 19.0 Å². The van der Waals surface area contributed by atoms with Crippen LogP contribution in [0.3, 0.4) is 0 Å². The molecule has 2 rings (SSSR count). The van der Waals surface area contributed by atoms with E-state index >= 15 is 0 Å². The Kier molecular flexibility index (Phi) is 4.76. The van der Waals surface area contributed by atoms with Gasteiger partial charge in [0.2, 0.25) is 5.91 Å². The number of nitrogens with one attached hydrogen (secondary N) is 3. The van der Waals surface area contributed by atoms with Gasteiger partial charge in [-0.15, -0.1) is 0 Å². The van der Waals surface area contributed by atoms with E-state index in [-0.39, 0.29) is 18.5 Å². The van der Waals surface area contributed by atoms with E-state index in [1.54, 1.807) is 30.3 Å². The zero-order valence-corrected chi connectivity index (χ0v) is 11.3. The molecule has 0 spiro atoms. The van der Waals surface area contributed by atoms with Crippen LogP contribution in [-0.2, 0) is 9.59 Å². The summed E-state index contributed by atoms with van der Waals surface area (Å²) in [6.07, 6.45) is 1.12. The van der Waals surface area contributed by atoms with Crippen LogP contribution in [0.25, 0.3) is 0 Å². The van der Waals surface area contributed by atoms with E-state index in [0.29, 0.717) is 18.4 Å². The summed E-state index contributed by atoms with van der Waals surface area (Å²) in [6.45, 7) is 0.276. The van der Waals surface area contributed by atoms with Crippen LogP contribution in [0.4, 0.5) is 4.79 Å². The van der Waals surface area contributed by atoms with E-state index in [0.717, 1.165) is 0 Å². The molecule has 1 aliphatic rings. The molecule has 1 aromatic rings. The van der Waals surface area contributed by atoms with Crippen molar-refractivity contribution in [3.8, 4) is 0 Å². The lowest BCUT2D eigenvalue weighted by atomic mass is 10.1. The third-order valence-corrected chi connectivity index (χ3v) is 3.25. The maximum atomic E-state index is 11.8. The third kappa shape index (κ3) is 4.20. The second-order valence-electron chi connectivity index (χ2n) is 4.84. The predicted octanol–water partition coefficient (Wildman–Crippen LogP) is 0.390. The number of carboxylic acid groups (broad SMARTS) is 1. The van der Waals surface area contributed by atoms with Crippen molar-refractivity contribution in [3.63, 3.8) is 0 Å². The van der Waals surface area contributed by atoms with Crippen molar-refractivity contribution in [2.45, 2.75) is 24.9 Å². The number of amides is 3. The molecule has 0 aromatic heterocycles. The lowest BCUT2D eigenvalue weighted by Gasteiger charge is -2.17. The van der Waals surface area contributed by atoms with Crippen LogP contribution in [-0.4, -0.2) is 35.6 Å². The molecule has 0 aliphatic carbocycles. The molecular formula is C14H17N3O4. The van der Waals surface area contributed by atoms with Crippen LogP contribution in [0.2, 0.25) is 0 Å². The van der Waals surface area contributed by atoms with Crippen molar-refractivity contribution in [2.24, 2.45) is 0 Å². The van der Waals surface area contributed by atoms with Gasteiger partial charge in [0.25, 0.3) is 0 Å². The second-order valence-corrected chi connectivity index (χ2v) is 4.84. The quantitative estimate of drug-likeness (QED) is 0.629. The van der Waals surface area contributed by atoms with Crippen LogP contribution in [0.5, 0.6) is 0 Å². The van der Waals surface area contributed by atoms with Crippen LogP contribution in [0.1, 0.15) is 24.4 Å². The number of hydrogen-bond acceptors (Lipinski definition) is 3. The first-order chi connectivity index (χ1) is 10.1. The molecular weight excluding hydrogens is 274 g/mol. The standard InChI is InChI=1S/C14H17N3O4/c18-11-7-6-10(16-11)8-15-14(21)17-12(13(19)20)9-4-2-1-3-5-9/h1-5,10,12H,6-8H2,(H,16,18)(H,19,20)(H2,15,17,21)/t10?,12-/m1/s1. The molecule has 21 heavy (non-hydrogen) atoms. The molecule has 1 fully saturated rings. The van der Waals surface area contributed by atoms with Crippen molar-refractivity contribution in [1.29, 1.82) is 0 Å². The highest BCUT2D eigenvalue weighted by atomic mass is 16.4. The molecule has 1 aliphatic heterocycles. The summed E-state index contributed by atoms with van der Waals surface area (Å²) >= 11 is 0. The first-order valence-electron chi connectivity index (χ1n) is 6.67. The van der Waals surface area contributed by atoms with Crippen molar-refractivity contribution < 1.29 is 19.5 Å². The largest absolute Gasteiger partial charge is 0.479 e. The summed E-state index contributed by atoms with van der Waals surface area (Å²) in [5, 5.41) is 16.9. The Labute approximate surface area is 121 Å². The number of hydrogen-bond donors (Lipinski definition) is 4. The normalized spacial score (nSPS) is 18.7. The van der Waals surface area contributed by atoms with E-state index in [1.807, 2.05) is 0 Å². The Balaban J connectivity index is 1.87. The van der Waals surface area contributed by atoms with Gasteiger partial charge in [0.15, 0.2) is 6.04 Å². The molecule has 0 radical (unpaired) electrons. The van der Waals surface area contributed by atoms with Gasteiger partial charge in [-0.25, -0.2) is 9.59 Å². The SMILES string of the molecule is O=C1CCC(CNC(=O)N[C@@H](C(=O)O)c2ccccc2)N1. The minimum atomic E-state index is -1.13. The van der Waals surface area contributed by atoms with E-state index in [2.05, 4.69) is 16.0 Å². The highest BCUT2D eigenvalue weighted by Gasteiger charge is 2.24. The molecule has 1 aromatic carbocycles. The first kappa shape index (κ1) is 14.8. The Bertz CT molecular complexity index is 532. The number of rotatable bonds is 5. The number of carbonyl (C=O) groups excluding carboxylic acids is 2. The lowest BCUT2D eigenvalue weighted by molar-refractivity contribution is -0.139. The fourth-order valence-electron chi connectivity index (χ4n) is 2.16. The molecule has 112 valence electrons. The summed E-state index contributed by atoms with van der Waals surface area (Å²) in [4.78, 5) is 34.0. The summed E-state index contributed by atoms with van der Waals surface area (Å²) in [5.74, 6) is -1.17. The van der Waals surface area contributed by atoms with Crippen molar-refractivity contribution in [2.75, 3.05) is 6.54 Å². The van der Waals surface area contributed by atoms with Gasteiger partial charge in [-0.05, 0) is 12.0 Å². The predicted molar refractivity (Wildman–Crippen MR) is 74.5 cm³/mol. The fourth-order valence-corrected chi connectivity index (χ4v) is 2.16. The third-order valence-electron chi connectivity index (χ3n) is 3.25. The molecule has 1 saturated heterocycles. The minimum Gasteiger partial charge on any atom is -0.479 e. The highest BCUT2D eigenvalue weighted by Crippen LogP contribution is 2.12. The summed E-state index contributed by atoms with van der Waals surface area (Å²) in [6, 6.07) is 6.68. The van der Waals surface area contributed by atoms with Gasteiger partial charge in [0.1, 0.15) is 0 Å². The summed E-state index contributed by atoms with van der Waals surface area (Å²) in [5.41, 5.74) is 0.495. The molecule has 7 heteroatoms. The average Bonchev–Trinajstić information content (AvgIpc) is 2.89. The van der Waals surface area contributed by atoms with Crippen LogP contribution >= 0.6 is 0 Å². The Morgan fingerprint density at radius 1 is 1.33 bits per heavy atom. The molecule has 4 N–H and O–H groups in total. The smallest absolute Gasteiger partial charge is 0.330 e. The van der Waals surface area contributed by atoms with Crippen molar-refractivity contribution in [1.82, 2.24) is 16.0 Å². The molecule has 2 atom stereocenters. The van der Waals surface area contributed by atoms with Crippen molar-refractivity contribution in [3.05, 3.63) is 35.9 Å². The monoisotopic (exact) mass is 291 g/mol. The van der Waals surface area contributed by atoms with Gasteiger partial charge in [-0.2, -0.15) is 0 Å². The molecule has 1 heterocycles. The fraction of sp³-hybridized carbons (Fsp3) is 0.357.